The molecule has 4 nitrogen and oxygen atoms in total. The van der Waals surface area contributed by atoms with E-state index in [1.54, 1.807) is 0 Å². The van der Waals surface area contributed by atoms with Crippen molar-refractivity contribution in [3.63, 3.8) is 0 Å². The average Bonchev–Trinajstić information content (AvgIpc) is 2.51. The molecule has 0 fully saturated rings. The molecule has 5 heteroatoms. The summed E-state index contributed by atoms with van der Waals surface area (Å²) in [5, 5.41) is 13.7. The van der Waals surface area contributed by atoms with E-state index in [1.807, 2.05) is 50.5 Å². The molecule has 2 aromatic carbocycles. The fourth-order valence-electron chi connectivity index (χ4n) is 2.16. The van der Waals surface area contributed by atoms with Gasteiger partial charge in [0.1, 0.15) is 0 Å². The number of anilines is 3. The van der Waals surface area contributed by atoms with Gasteiger partial charge in [-0.3, -0.25) is 0 Å². The van der Waals surface area contributed by atoms with Gasteiger partial charge in [-0.2, -0.15) is 0 Å². The lowest BCUT2D eigenvalue weighted by Crippen LogP contribution is -2.08. The van der Waals surface area contributed by atoms with Gasteiger partial charge < -0.3 is 10.2 Å². The van der Waals surface area contributed by atoms with E-state index in [1.165, 1.54) is 0 Å². The maximum Gasteiger partial charge on any atom is 0.161 e. The number of hydrogen-bond donors (Lipinski definition) is 1. The molecule has 3 rings (SSSR count). The summed E-state index contributed by atoms with van der Waals surface area (Å²) < 4.78 is 0. The second-order valence-electron chi connectivity index (χ2n) is 4.95. The van der Waals surface area contributed by atoms with Crippen LogP contribution in [0.15, 0.2) is 48.5 Å². The highest BCUT2D eigenvalue weighted by Crippen LogP contribution is 2.28. The monoisotopic (exact) mass is 298 g/mol. The van der Waals surface area contributed by atoms with Crippen molar-refractivity contribution in [3.05, 3.63) is 53.7 Å². The number of rotatable bonds is 3. The fraction of sp³-hybridized carbons (Fsp3) is 0.125. The number of nitrogens with zero attached hydrogens (tertiary/aromatic N) is 3. The molecule has 0 spiro atoms. The van der Waals surface area contributed by atoms with Crippen molar-refractivity contribution in [3.8, 4) is 0 Å². The summed E-state index contributed by atoms with van der Waals surface area (Å²) in [5.74, 6) is 0.700. The van der Waals surface area contributed by atoms with Crippen molar-refractivity contribution in [2.75, 3.05) is 24.3 Å². The van der Waals surface area contributed by atoms with E-state index in [2.05, 4.69) is 32.5 Å². The first kappa shape index (κ1) is 13.6. The van der Waals surface area contributed by atoms with Crippen LogP contribution < -0.4 is 10.2 Å². The third kappa shape index (κ3) is 2.76. The summed E-state index contributed by atoms with van der Waals surface area (Å²) in [6.07, 6.45) is 0. The molecule has 1 N–H and O–H groups in total. The molecule has 0 saturated carbocycles. The normalized spacial score (nSPS) is 10.6. The van der Waals surface area contributed by atoms with Gasteiger partial charge in [0.15, 0.2) is 11.0 Å². The Morgan fingerprint density at radius 3 is 2.48 bits per heavy atom. The Morgan fingerprint density at radius 1 is 0.952 bits per heavy atom. The summed E-state index contributed by atoms with van der Waals surface area (Å²) in [4.78, 5) is 2.05. The molecule has 1 heterocycles. The first-order valence-electron chi connectivity index (χ1n) is 6.60. The zero-order chi connectivity index (χ0) is 14.8. The van der Waals surface area contributed by atoms with Crippen LogP contribution in [0.5, 0.6) is 0 Å². The molecule has 0 aliphatic heterocycles. The van der Waals surface area contributed by atoms with Crippen LogP contribution in [0.2, 0.25) is 5.15 Å². The lowest BCUT2D eigenvalue weighted by atomic mass is 10.2. The number of benzene rings is 2. The molecular weight excluding hydrogens is 284 g/mol. The minimum Gasteiger partial charge on any atom is -0.378 e. The Kier molecular flexibility index (Phi) is 3.62. The SMILES string of the molecule is CN(C)c1cccc(Nc2nnc(Cl)c3ccccc23)c1. The zero-order valence-electron chi connectivity index (χ0n) is 11.8. The van der Waals surface area contributed by atoms with E-state index in [9.17, 15) is 0 Å². The third-order valence-corrected chi connectivity index (χ3v) is 3.55. The average molecular weight is 299 g/mol. The van der Waals surface area contributed by atoms with E-state index in [0.29, 0.717) is 11.0 Å². The zero-order valence-corrected chi connectivity index (χ0v) is 12.6. The maximum absolute atomic E-state index is 6.09. The van der Waals surface area contributed by atoms with Crippen LogP contribution in [0.25, 0.3) is 10.8 Å². The van der Waals surface area contributed by atoms with Gasteiger partial charge in [0.25, 0.3) is 0 Å². The smallest absolute Gasteiger partial charge is 0.161 e. The van der Waals surface area contributed by atoms with Crippen LogP contribution in [-0.4, -0.2) is 24.3 Å². The van der Waals surface area contributed by atoms with Gasteiger partial charge in [-0.1, -0.05) is 41.9 Å². The molecule has 0 amide bonds. The molecule has 0 bridgehead atoms. The van der Waals surface area contributed by atoms with Gasteiger partial charge in [0.2, 0.25) is 0 Å². The molecular formula is C16H15ClN4. The molecule has 0 saturated heterocycles. The molecule has 3 aromatic rings. The molecule has 0 aliphatic rings. The summed E-state index contributed by atoms with van der Waals surface area (Å²) in [6, 6.07) is 15.9. The quantitative estimate of drug-likeness (QED) is 0.790. The van der Waals surface area contributed by atoms with Crippen molar-refractivity contribution in [2.24, 2.45) is 0 Å². The second-order valence-corrected chi connectivity index (χ2v) is 5.31. The predicted molar refractivity (Wildman–Crippen MR) is 88.6 cm³/mol. The lowest BCUT2D eigenvalue weighted by Gasteiger charge is -2.14. The van der Waals surface area contributed by atoms with Crippen molar-refractivity contribution in [2.45, 2.75) is 0 Å². The fourth-order valence-corrected chi connectivity index (χ4v) is 2.36. The van der Waals surface area contributed by atoms with Gasteiger partial charge in [-0.05, 0) is 18.2 Å². The second kappa shape index (κ2) is 5.58. The van der Waals surface area contributed by atoms with Crippen LogP contribution >= 0.6 is 11.6 Å². The Hall–Kier alpha value is -2.33. The summed E-state index contributed by atoms with van der Waals surface area (Å²) in [5.41, 5.74) is 2.08. The summed E-state index contributed by atoms with van der Waals surface area (Å²) in [7, 11) is 4.02. The molecule has 1 aromatic heterocycles. The van der Waals surface area contributed by atoms with Crippen molar-refractivity contribution in [1.29, 1.82) is 0 Å². The Morgan fingerprint density at radius 2 is 1.71 bits per heavy atom. The van der Waals surface area contributed by atoms with E-state index >= 15 is 0 Å². The third-order valence-electron chi connectivity index (χ3n) is 3.27. The van der Waals surface area contributed by atoms with Gasteiger partial charge in [0, 0.05) is 36.2 Å². The van der Waals surface area contributed by atoms with E-state index in [-0.39, 0.29) is 0 Å². The number of halogens is 1. The van der Waals surface area contributed by atoms with E-state index < -0.39 is 0 Å². The minimum absolute atomic E-state index is 0.415. The van der Waals surface area contributed by atoms with Crippen LogP contribution in [-0.2, 0) is 0 Å². The minimum atomic E-state index is 0.415. The lowest BCUT2D eigenvalue weighted by molar-refractivity contribution is 1.05. The number of aromatic nitrogens is 2. The van der Waals surface area contributed by atoms with E-state index in [0.717, 1.165) is 22.1 Å². The van der Waals surface area contributed by atoms with Gasteiger partial charge in [-0.25, -0.2) is 0 Å². The molecule has 0 unspecified atom stereocenters. The van der Waals surface area contributed by atoms with Gasteiger partial charge in [-0.15, -0.1) is 10.2 Å². The van der Waals surface area contributed by atoms with Crippen LogP contribution in [0, 0.1) is 0 Å². The molecule has 21 heavy (non-hydrogen) atoms. The molecule has 0 radical (unpaired) electrons. The van der Waals surface area contributed by atoms with E-state index in [4.69, 9.17) is 11.6 Å². The molecule has 106 valence electrons. The first-order chi connectivity index (χ1) is 10.1. The Balaban J connectivity index is 2.02. The highest BCUT2D eigenvalue weighted by atomic mass is 35.5. The highest BCUT2D eigenvalue weighted by Gasteiger charge is 2.08. The number of nitrogens with one attached hydrogen (secondary N) is 1. The van der Waals surface area contributed by atoms with Crippen molar-refractivity contribution >= 4 is 39.6 Å². The van der Waals surface area contributed by atoms with Crippen molar-refractivity contribution in [1.82, 2.24) is 10.2 Å². The topological polar surface area (TPSA) is 41.0 Å². The molecule has 0 atom stereocenters. The summed E-state index contributed by atoms with van der Waals surface area (Å²) in [6.45, 7) is 0. The van der Waals surface area contributed by atoms with Crippen molar-refractivity contribution < 1.29 is 0 Å². The Bertz CT molecular complexity index is 786. The highest BCUT2D eigenvalue weighted by molar-refractivity contribution is 6.34. The number of hydrogen-bond acceptors (Lipinski definition) is 4. The van der Waals surface area contributed by atoms with Crippen LogP contribution in [0.3, 0.4) is 0 Å². The predicted octanol–water partition coefficient (Wildman–Crippen LogP) is 4.09. The van der Waals surface area contributed by atoms with Gasteiger partial charge in [0.05, 0.1) is 0 Å². The van der Waals surface area contributed by atoms with Crippen LogP contribution in [0.4, 0.5) is 17.2 Å². The summed E-state index contributed by atoms with van der Waals surface area (Å²) >= 11 is 6.09. The Labute approximate surface area is 128 Å². The largest absolute Gasteiger partial charge is 0.378 e. The first-order valence-corrected chi connectivity index (χ1v) is 6.98. The molecule has 0 aliphatic carbocycles. The standard InChI is InChI=1S/C16H15ClN4/c1-21(2)12-7-5-6-11(10-12)18-16-14-9-4-3-8-13(14)15(17)19-20-16/h3-10H,1-2H3,(H,18,20). The van der Waals surface area contributed by atoms with Crippen LogP contribution in [0.1, 0.15) is 0 Å². The maximum atomic E-state index is 6.09. The van der Waals surface area contributed by atoms with Gasteiger partial charge >= 0.3 is 0 Å². The number of fused-ring (bicyclic) bond motifs is 1.